The molecule has 0 amide bonds. The van der Waals surface area contributed by atoms with Crippen LogP contribution in [0.25, 0.3) is 12.2 Å². The smallest absolute Gasteiger partial charge is 0.258 e. The summed E-state index contributed by atoms with van der Waals surface area (Å²) in [6.45, 7) is 5.36. The summed E-state index contributed by atoms with van der Waals surface area (Å²) >= 11 is 5.58. The van der Waals surface area contributed by atoms with Crippen molar-refractivity contribution in [2.45, 2.75) is 12.8 Å². The van der Waals surface area contributed by atoms with Gasteiger partial charge in [0.15, 0.2) is 0 Å². The summed E-state index contributed by atoms with van der Waals surface area (Å²) in [4.78, 5) is 18.3. The SMILES string of the molecule is C=C/C=c1/c(=O)[nH]c(CCl)n/c1=C/C. The summed E-state index contributed by atoms with van der Waals surface area (Å²) in [7, 11) is 0. The molecule has 4 heteroatoms. The largest absolute Gasteiger partial charge is 0.309 e. The average molecular weight is 211 g/mol. The molecule has 0 spiro atoms. The molecule has 3 nitrogen and oxygen atoms in total. The highest BCUT2D eigenvalue weighted by Crippen LogP contribution is 1.86. The number of H-pyrrole nitrogens is 1. The van der Waals surface area contributed by atoms with E-state index in [2.05, 4.69) is 16.5 Å². The van der Waals surface area contributed by atoms with Crippen LogP contribution in [0.1, 0.15) is 12.7 Å². The van der Waals surface area contributed by atoms with E-state index < -0.39 is 0 Å². The van der Waals surface area contributed by atoms with Crippen LogP contribution >= 0.6 is 11.6 Å². The second kappa shape index (κ2) is 4.77. The number of rotatable bonds is 2. The quantitative estimate of drug-likeness (QED) is 0.713. The number of halogens is 1. The molecule has 1 aromatic heterocycles. The second-order valence-electron chi connectivity index (χ2n) is 2.64. The van der Waals surface area contributed by atoms with Gasteiger partial charge in [0.1, 0.15) is 5.82 Å². The fourth-order valence-corrected chi connectivity index (χ4v) is 1.24. The summed E-state index contributed by atoms with van der Waals surface area (Å²) < 4.78 is 0. The van der Waals surface area contributed by atoms with Gasteiger partial charge < -0.3 is 4.98 Å². The van der Waals surface area contributed by atoms with Gasteiger partial charge in [-0.15, -0.1) is 11.6 Å². The van der Waals surface area contributed by atoms with Crippen LogP contribution in [0.2, 0.25) is 0 Å². The monoisotopic (exact) mass is 210 g/mol. The van der Waals surface area contributed by atoms with Crippen molar-refractivity contribution < 1.29 is 0 Å². The van der Waals surface area contributed by atoms with Crippen molar-refractivity contribution in [2.75, 3.05) is 0 Å². The van der Waals surface area contributed by atoms with Crippen molar-refractivity contribution in [3.63, 3.8) is 0 Å². The number of alkyl halides is 1. The first-order valence-electron chi connectivity index (χ1n) is 4.17. The number of allylic oxidation sites excluding steroid dienone is 1. The van der Waals surface area contributed by atoms with Gasteiger partial charge in [0.25, 0.3) is 5.56 Å². The molecule has 0 bridgehead atoms. The molecule has 0 aliphatic heterocycles. The molecule has 0 aromatic carbocycles. The van der Waals surface area contributed by atoms with Crippen LogP contribution in [0.15, 0.2) is 17.4 Å². The predicted octanol–water partition coefficient (Wildman–Crippen LogP) is 0.276. The fourth-order valence-electron chi connectivity index (χ4n) is 1.11. The first-order valence-corrected chi connectivity index (χ1v) is 4.70. The van der Waals surface area contributed by atoms with E-state index in [0.29, 0.717) is 16.4 Å². The third-order valence-electron chi connectivity index (χ3n) is 1.72. The Morgan fingerprint density at radius 1 is 1.64 bits per heavy atom. The highest BCUT2D eigenvalue weighted by molar-refractivity contribution is 6.16. The molecule has 74 valence electrons. The number of hydrogen-bond donors (Lipinski definition) is 1. The van der Waals surface area contributed by atoms with E-state index in [4.69, 9.17) is 11.6 Å². The average Bonchev–Trinajstić information content (AvgIpc) is 2.20. The molecule has 0 saturated heterocycles. The summed E-state index contributed by atoms with van der Waals surface area (Å²) in [5.74, 6) is 0.677. The van der Waals surface area contributed by atoms with E-state index in [1.54, 1.807) is 18.2 Å². The maximum atomic E-state index is 11.5. The highest BCUT2D eigenvalue weighted by Gasteiger charge is 1.96. The molecule has 0 aliphatic rings. The molecule has 14 heavy (non-hydrogen) atoms. The van der Waals surface area contributed by atoms with E-state index in [1.807, 2.05) is 6.92 Å². The summed E-state index contributed by atoms with van der Waals surface area (Å²) in [5, 5.41) is 1.14. The Hall–Kier alpha value is -1.35. The number of nitrogens with one attached hydrogen (secondary N) is 1. The van der Waals surface area contributed by atoms with E-state index >= 15 is 0 Å². The van der Waals surface area contributed by atoms with Crippen molar-refractivity contribution in [3.8, 4) is 0 Å². The second-order valence-corrected chi connectivity index (χ2v) is 2.90. The maximum absolute atomic E-state index is 11.5. The third kappa shape index (κ3) is 2.12. The van der Waals surface area contributed by atoms with Crippen molar-refractivity contribution in [3.05, 3.63) is 39.4 Å². The van der Waals surface area contributed by atoms with Crippen molar-refractivity contribution in [1.29, 1.82) is 0 Å². The van der Waals surface area contributed by atoms with Gasteiger partial charge in [0.2, 0.25) is 0 Å². The Balaban J connectivity index is 3.70. The minimum atomic E-state index is -0.191. The van der Waals surface area contributed by atoms with Gasteiger partial charge in [-0.2, -0.15) is 0 Å². The molecule has 0 fully saturated rings. The minimum absolute atomic E-state index is 0.191. The lowest BCUT2D eigenvalue weighted by Crippen LogP contribution is -2.43. The van der Waals surface area contributed by atoms with Crippen LogP contribution in [0.3, 0.4) is 0 Å². The normalized spacial score (nSPS) is 13.3. The van der Waals surface area contributed by atoms with Crippen LogP contribution in [0.5, 0.6) is 0 Å². The topological polar surface area (TPSA) is 45.8 Å². The van der Waals surface area contributed by atoms with E-state index in [0.717, 1.165) is 0 Å². The molecule has 1 aromatic rings. The van der Waals surface area contributed by atoms with Crippen LogP contribution in [0.4, 0.5) is 0 Å². The molecule has 1 N–H and O–H groups in total. The fraction of sp³-hybridized carbons (Fsp3) is 0.200. The predicted molar refractivity (Wildman–Crippen MR) is 58.5 cm³/mol. The van der Waals surface area contributed by atoms with Gasteiger partial charge in [-0.1, -0.05) is 18.7 Å². The van der Waals surface area contributed by atoms with Crippen LogP contribution < -0.4 is 16.1 Å². The zero-order valence-electron chi connectivity index (χ0n) is 7.88. The molecule has 0 unspecified atom stereocenters. The minimum Gasteiger partial charge on any atom is -0.309 e. The Kier molecular flexibility index (Phi) is 3.65. The zero-order chi connectivity index (χ0) is 10.6. The lowest BCUT2D eigenvalue weighted by atomic mass is 10.3. The van der Waals surface area contributed by atoms with Crippen molar-refractivity contribution in [2.24, 2.45) is 0 Å². The Labute approximate surface area is 86.5 Å². The van der Waals surface area contributed by atoms with Crippen LogP contribution in [-0.4, -0.2) is 9.97 Å². The molecular formula is C10H11ClN2O. The highest BCUT2D eigenvalue weighted by atomic mass is 35.5. The van der Waals surface area contributed by atoms with E-state index in [-0.39, 0.29) is 11.4 Å². The van der Waals surface area contributed by atoms with Gasteiger partial charge in [-0.05, 0) is 13.0 Å². The van der Waals surface area contributed by atoms with Gasteiger partial charge >= 0.3 is 0 Å². The lowest BCUT2D eigenvalue weighted by Gasteiger charge is -1.94. The molecule has 1 rings (SSSR count). The van der Waals surface area contributed by atoms with E-state index in [9.17, 15) is 4.79 Å². The summed E-state index contributed by atoms with van der Waals surface area (Å²) in [6, 6.07) is 0. The first kappa shape index (κ1) is 10.7. The van der Waals surface area contributed by atoms with Gasteiger partial charge in [-0.25, -0.2) is 4.98 Å². The molecular weight excluding hydrogens is 200 g/mol. The maximum Gasteiger partial charge on any atom is 0.258 e. The van der Waals surface area contributed by atoms with Gasteiger partial charge in [-0.3, -0.25) is 4.79 Å². The van der Waals surface area contributed by atoms with Crippen LogP contribution in [0, 0.1) is 0 Å². The van der Waals surface area contributed by atoms with Crippen molar-refractivity contribution in [1.82, 2.24) is 9.97 Å². The third-order valence-corrected chi connectivity index (χ3v) is 1.97. The number of aromatic amines is 1. The van der Waals surface area contributed by atoms with Crippen molar-refractivity contribution >= 4 is 23.8 Å². The van der Waals surface area contributed by atoms with Gasteiger partial charge in [0, 0.05) is 0 Å². The molecule has 0 aliphatic carbocycles. The number of aromatic nitrogens is 2. The van der Waals surface area contributed by atoms with E-state index in [1.165, 1.54) is 0 Å². The summed E-state index contributed by atoms with van der Waals surface area (Å²) in [5.41, 5.74) is -0.191. The Bertz CT molecular complexity index is 502. The van der Waals surface area contributed by atoms with Crippen LogP contribution in [-0.2, 0) is 5.88 Å². The number of nitrogens with zero attached hydrogens (tertiary/aromatic N) is 1. The summed E-state index contributed by atoms with van der Waals surface area (Å²) in [6.07, 6.45) is 4.94. The lowest BCUT2D eigenvalue weighted by molar-refractivity contribution is 0.955. The molecule has 0 atom stereocenters. The zero-order valence-corrected chi connectivity index (χ0v) is 8.64. The van der Waals surface area contributed by atoms with Gasteiger partial charge in [0.05, 0.1) is 16.4 Å². The number of hydrogen-bond acceptors (Lipinski definition) is 2. The standard InChI is InChI=1S/C10H11ClN2O/c1-3-5-7-8(4-2)12-9(6-11)13-10(7)14/h3-5H,1,6H2,2H3,(H,12,13,14)/b7-5+,8-4+. The molecule has 0 radical (unpaired) electrons. The Morgan fingerprint density at radius 2 is 2.36 bits per heavy atom. The Morgan fingerprint density at radius 3 is 2.86 bits per heavy atom. The molecule has 0 saturated carbocycles. The first-order chi connectivity index (χ1) is 6.72. The molecule has 1 heterocycles.